The van der Waals surface area contributed by atoms with Gasteiger partial charge in [-0.05, 0) is 29.8 Å². The van der Waals surface area contributed by atoms with Crippen LogP contribution in [-0.4, -0.2) is 66.0 Å². The number of nitrogens with zero attached hydrogens (tertiary/aromatic N) is 2. The summed E-state index contributed by atoms with van der Waals surface area (Å²) in [6.07, 6.45) is 0. The number of rotatable bonds is 4. The third kappa shape index (κ3) is 3.91. The molecule has 0 aromatic heterocycles. The van der Waals surface area contributed by atoms with Gasteiger partial charge in [-0.25, -0.2) is 0 Å². The Hall–Kier alpha value is -2.60. The number of hydrogen-bond donors (Lipinski definition) is 2. The summed E-state index contributed by atoms with van der Waals surface area (Å²) in [5.41, 5.74) is 0.330. The second kappa shape index (κ2) is 7.53. The number of benzene rings is 2. The monoisotopic (exact) mass is 341 g/mol. The lowest BCUT2D eigenvalue weighted by molar-refractivity contribution is -0.122. The molecule has 25 heavy (non-hydrogen) atoms. The van der Waals surface area contributed by atoms with Gasteiger partial charge in [0.25, 0.3) is 5.91 Å². The summed E-state index contributed by atoms with van der Waals surface area (Å²) in [6.45, 7) is 5.27. The molecule has 2 aromatic carbocycles. The van der Waals surface area contributed by atoms with Crippen molar-refractivity contribution < 1.29 is 14.7 Å². The molecule has 6 nitrogen and oxygen atoms in total. The molecule has 0 spiro atoms. The zero-order chi connectivity index (χ0) is 17.8. The topological polar surface area (TPSA) is 72.9 Å². The maximum absolute atomic E-state index is 12.8. The first kappa shape index (κ1) is 17.2. The van der Waals surface area contributed by atoms with Gasteiger partial charge >= 0.3 is 0 Å². The molecule has 0 aliphatic carbocycles. The summed E-state index contributed by atoms with van der Waals surface area (Å²) >= 11 is 0. The molecule has 2 amide bonds. The fraction of sp³-hybridized carbons (Fsp3) is 0.368. The van der Waals surface area contributed by atoms with E-state index in [9.17, 15) is 14.7 Å². The number of nitrogens with one attached hydrogen (secondary N) is 1. The van der Waals surface area contributed by atoms with Crippen LogP contribution in [0.4, 0.5) is 0 Å². The summed E-state index contributed by atoms with van der Waals surface area (Å²) in [6, 6.07) is 11.0. The van der Waals surface area contributed by atoms with Crippen molar-refractivity contribution in [2.45, 2.75) is 6.92 Å². The Bertz CT molecular complexity index is 783. The smallest absolute Gasteiger partial charge is 0.257 e. The largest absolute Gasteiger partial charge is 0.507 e. The maximum Gasteiger partial charge on any atom is 0.257 e. The zero-order valence-electron chi connectivity index (χ0n) is 14.4. The number of piperazine rings is 1. The van der Waals surface area contributed by atoms with Crippen molar-refractivity contribution in [2.24, 2.45) is 0 Å². The highest BCUT2D eigenvalue weighted by Gasteiger charge is 2.25. The van der Waals surface area contributed by atoms with Gasteiger partial charge in [0, 0.05) is 32.7 Å². The minimum Gasteiger partial charge on any atom is -0.507 e. The Balaban J connectivity index is 1.67. The van der Waals surface area contributed by atoms with Crippen molar-refractivity contribution in [3.05, 3.63) is 42.0 Å². The molecule has 1 aliphatic heterocycles. The van der Waals surface area contributed by atoms with Gasteiger partial charge in [-0.1, -0.05) is 24.3 Å². The highest BCUT2D eigenvalue weighted by molar-refractivity contribution is 6.01. The van der Waals surface area contributed by atoms with Crippen LogP contribution in [0.15, 0.2) is 36.4 Å². The number of likely N-dealkylation sites (N-methyl/N-ethyl adjacent to an activating group) is 1. The van der Waals surface area contributed by atoms with E-state index < -0.39 is 0 Å². The second-order valence-electron chi connectivity index (χ2n) is 6.24. The number of amides is 2. The van der Waals surface area contributed by atoms with E-state index in [2.05, 4.69) is 5.32 Å². The lowest BCUT2D eigenvalue weighted by Crippen LogP contribution is -2.51. The quantitative estimate of drug-likeness (QED) is 0.883. The molecule has 1 aliphatic rings. The minimum atomic E-state index is -0.166. The summed E-state index contributed by atoms with van der Waals surface area (Å²) in [7, 11) is 0. The van der Waals surface area contributed by atoms with Crippen LogP contribution in [0.3, 0.4) is 0 Å². The molecule has 0 unspecified atom stereocenters. The van der Waals surface area contributed by atoms with E-state index in [4.69, 9.17) is 0 Å². The van der Waals surface area contributed by atoms with Crippen LogP contribution in [-0.2, 0) is 4.79 Å². The van der Waals surface area contributed by atoms with Crippen molar-refractivity contribution >= 4 is 22.6 Å². The lowest BCUT2D eigenvalue weighted by Gasteiger charge is -2.34. The van der Waals surface area contributed by atoms with Crippen molar-refractivity contribution in [3.63, 3.8) is 0 Å². The average Bonchev–Trinajstić information content (AvgIpc) is 2.61. The molecule has 1 heterocycles. The van der Waals surface area contributed by atoms with Crippen LogP contribution < -0.4 is 5.32 Å². The number of carbonyl (C=O) groups is 2. The zero-order valence-corrected chi connectivity index (χ0v) is 14.4. The third-order valence-corrected chi connectivity index (χ3v) is 4.50. The Morgan fingerprint density at radius 3 is 2.36 bits per heavy atom. The molecule has 3 rings (SSSR count). The minimum absolute atomic E-state index is 0.00783. The molecular weight excluding hydrogens is 318 g/mol. The van der Waals surface area contributed by atoms with Crippen molar-refractivity contribution in [2.75, 3.05) is 39.3 Å². The third-order valence-electron chi connectivity index (χ3n) is 4.50. The van der Waals surface area contributed by atoms with E-state index in [0.717, 1.165) is 10.8 Å². The molecule has 0 saturated carbocycles. The van der Waals surface area contributed by atoms with E-state index in [1.807, 2.05) is 36.1 Å². The number of phenols is 1. The number of aromatic hydroxyl groups is 1. The molecule has 0 radical (unpaired) electrons. The normalized spacial score (nSPS) is 15.3. The standard InChI is InChI=1S/C19H23N3O3/c1-2-20-18(24)13-21-7-9-22(10-8-21)19(25)16-11-14-5-3-4-6-15(14)12-17(16)23/h3-6,11-12,23H,2,7-10,13H2,1H3,(H,20,24). The van der Waals surface area contributed by atoms with E-state index in [1.165, 1.54) is 0 Å². The van der Waals surface area contributed by atoms with Crippen molar-refractivity contribution in [1.82, 2.24) is 15.1 Å². The van der Waals surface area contributed by atoms with E-state index in [-0.39, 0.29) is 17.6 Å². The summed E-state index contributed by atoms with van der Waals surface area (Å²) < 4.78 is 0. The van der Waals surface area contributed by atoms with Gasteiger partial charge in [-0.3, -0.25) is 14.5 Å². The van der Waals surface area contributed by atoms with Gasteiger partial charge in [0.15, 0.2) is 0 Å². The average molecular weight is 341 g/mol. The molecule has 0 bridgehead atoms. The van der Waals surface area contributed by atoms with Gasteiger partial charge in [-0.2, -0.15) is 0 Å². The highest BCUT2D eigenvalue weighted by atomic mass is 16.3. The Morgan fingerprint density at radius 1 is 1.08 bits per heavy atom. The number of fused-ring (bicyclic) bond motifs is 1. The SMILES string of the molecule is CCNC(=O)CN1CCN(C(=O)c2cc3ccccc3cc2O)CC1. The Morgan fingerprint density at radius 2 is 1.72 bits per heavy atom. The highest BCUT2D eigenvalue weighted by Crippen LogP contribution is 2.26. The first-order valence-electron chi connectivity index (χ1n) is 8.58. The predicted octanol–water partition coefficient (Wildman–Crippen LogP) is 1.44. The number of phenolic OH excluding ortho intramolecular Hbond substituents is 1. The van der Waals surface area contributed by atoms with Crippen LogP contribution in [0.25, 0.3) is 10.8 Å². The molecule has 2 N–H and O–H groups in total. The van der Waals surface area contributed by atoms with Gasteiger partial charge in [0.2, 0.25) is 5.91 Å². The second-order valence-corrected chi connectivity index (χ2v) is 6.24. The Labute approximate surface area is 147 Å². The van der Waals surface area contributed by atoms with E-state index >= 15 is 0 Å². The summed E-state index contributed by atoms with van der Waals surface area (Å²) in [4.78, 5) is 28.2. The van der Waals surface area contributed by atoms with Crippen molar-refractivity contribution in [3.8, 4) is 5.75 Å². The van der Waals surface area contributed by atoms with Crippen molar-refractivity contribution in [1.29, 1.82) is 0 Å². The van der Waals surface area contributed by atoms with Gasteiger partial charge in [0.05, 0.1) is 12.1 Å². The van der Waals surface area contributed by atoms with Gasteiger partial charge < -0.3 is 15.3 Å². The van der Waals surface area contributed by atoms with Gasteiger partial charge in [0.1, 0.15) is 5.75 Å². The van der Waals surface area contributed by atoms with E-state index in [0.29, 0.717) is 44.8 Å². The van der Waals surface area contributed by atoms with Crippen LogP contribution in [0, 0.1) is 0 Å². The lowest BCUT2D eigenvalue weighted by atomic mass is 10.0. The van der Waals surface area contributed by atoms with Crippen LogP contribution >= 0.6 is 0 Å². The van der Waals surface area contributed by atoms with Crippen LogP contribution in [0.5, 0.6) is 5.75 Å². The molecule has 132 valence electrons. The van der Waals surface area contributed by atoms with E-state index in [1.54, 1.807) is 17.0 Å². The molecule has 0 atom stereocenters. The molecule has 1 fully saturated rings. The predicted molar refractivity (Wildman–Crippen MR) is 96.6 cm³/mol. The number of carbonyl (C=O) groups excluding carboxylic acids is 2. The molecule has 6 heteroatoms. The van der Waals surface area contributed by atoms with Crippen LogP contribution in [0.1, 0.15) is 17.3 Å². The Kier molecular flexibility index (Phi) is 5.19. The van der Waals surface area contributed by atoms with Gasteiger partial charge in [-0.15, -0.1) is 0 Å². The molecule has 1 saturated heterocycles. The fourth-order valence-corrected chi connectivity index (χ4v) is 3.14. The molecular formula is C19H23N3O3. The number of hydrogen-bond acceptors (Lipinski definition) is 4. The fourth-order valence-electron chi connectivity index (χ4n) is 3.14. The van der Waals surface area contributed by atoms with Crippen LogP contribution in [0.2, 0.25) is 0 Å². The molecule has 2 aromatic rings. The maximum atomic E-state index is 12.8. The first-order chi connectivity index (χ1) is 12.1. The first-order valence-corrected chi connectivity index (χ1v) is 8.58. The summed E-state index contributed by atoms with van der Waals surface area (Å²) in [5.74, 6) is -0.149. The summed E-state index contributed by atoms with van der Waals surface area (Å²) in [5, 5.41) is 14.8.